The van der Waals surface area contributed by atoms with Gasteiger partial charge in [-0.1, -0.05) is 43.6 Å². The van der Waals surface area contributed by atoms with Gasteiger partial charge in [-0.3, -0.25) is 4.90 Å². The van der Waals surface area contributed by atoms with Crippen LogP contribution in [0, 0.1) is 6.92 Å². The van der Waals surface area contributed by atoms with E-state index in [4.69, 9.17) is 16.3 Å². The Morgan fingerprint density at radius 3 is 2.48 bits per heavy atom. The number of halogens is 1. The van der Waals surface area contributed by atoms with E-state index in [0.29, 0.717) is 0 Å². The highest BCUT2D eigenvalue weighted by Gasteiger charge is 2.48. The summed E-state index contributed by atoms with van der Waals surface area (Å²) in [4.78, 5) is 2.30. The quantitative estimate of drug-likeness (QED) is 0.729. The molecule has 2 heterocycles. The van der Waals surface area contributed by atoms with Crippen molar-refractivity contribution >= 4 is 11.6 Å². The van der Waals surface area contributed by atoms with E-state index in [1.807, 2.05) is 26.0 Å². The molecule has 0 unspecified atom stereocenters. The highest BCUT2D eigenvalue weighted by Crippen LogP contribution is 2.44. The molecule has 2 aliphatic rings. The Bertz CT molecular complexity index is 720. The zero-order valence-corrected chi connectivity index (χ0v) is 15.1. The van der Waals surface area contributed by atoms with E-state index in [-0.39, 0.29) is 5.60 Å². The lowest BCUT2D eigenvalue weighted by Crippen LogP contribution is -2.57. The van der Waals surface area contributed by atoms with E-state index in [0.717, 1.165) is 24.7 Å². The molecule has 1 saturated heterocycles. The summed E-state index contributed by atoms with van der Waals surface area (Å²) in [5.41, 5.74) is 6.35. The maximum Gasteiger partial charge on any atom is 0.119 e. The summed E-state index contributed by atoms with van der Waals surface area (Å²) in [5.74, 6) is 0. The molecular formula is C20H24ClNO. The lowest BCUT2D eigenvalue weighted by Gasteiger charge is -2.45. The number of benzene rings is 2. The van der Waals surface area contributed by atoms with Gasteiger partial charge in [-0.05, 0) is 60.0 Å². The molecule has 2 aliphatic heterocycles. The molecule has 0 saturated carbocycles. The minimum absolute atomic E-state index is 0.0440. The summed E-state index contributed by atoms with van der Waals surface area (Å²) in [6.07, 6.45) is 0. The van der Waals surface area contributed by atoms with Gasteiger partial charge in [0.15, 0.2) is 0 Å². The minimum Gasteiger partial charge on any atom is -0.363 e. The molecule has 1 fully saturated rings. The molecule has 0 aliphatic carbocycles. The fraction of sp³-hybridized carbons (Fsp3) is 0.400. The van der Waals surface area contributed by atoms with E-state index in [1.165, 1.54) is 27.8 Å². The Labute approximate surface area is 144 Å². The molecule has 0 amide bonds. The van der Waals surface area contributed by atoms with Gasteiger partial charge >= 0.3 is 0 Å². The normalized spacial score (nSPS) is 18.1. The number of ether oxygens (including phenoxy) is 1. The molecule has 0 N–H and O–H groups in total. The third-order valence-electron chi connectivity index (χ3n) is 4.65. The minimum atomic E-state index is -0.0440. The zero-order chi connectivity index (χ0) is 16.6. The molecular weight excluding hydrogens is 306 g/mol. The second kappa shape index (κ2) is 6.27. The third kappa shape index (κ3) is 2.80. The molecule has 0 radical (unpaired) electrons. The smallest absolute Gasteiger partial charge is 0.119 e. The first-order valence-electron chi connectivity index (χ1n) is 8.30. The van der Waals surface area contributed by atoms with Crippen LogP contribution in [0.25, 0.3) is 11.1 Å². The largest absolute Gasteiger partial charge is 0.363 e. The molecule has 0 aromatic heterocycles. The predicted molar refractivity (Wildman–Crippen MR) is 96.9 cm³/mol. The number of nitrogens with zero attached hydrogens (tertiary/aromatic N) is 1. The van der Waals surface area contributed by atoms with E-state index in [9.17, 15) is 0 Å². The highest BCUT2D eigenvalue weighted by atomic mass is 35.5. The summed E-state index contributed by atoms with van der Waals surface area (Å²) in [6, 6.07) is 12.8. The lowest BCUT2D eigenvalue weighted by atomic mass is 9.84. The number of likely N-dealkylation sites (tertiary alicyclic amines) is 1. The van der Waals surface area contributed by atoms with E-state index in [1.54, 1.807) is 0 Å². The molecule has 3 heteroatoms. The predicted octanol–water partition coefficient (Wildman–Crippen LogP) is 5.01. The first-order chi connectivity index (χ1) is 11.1. The van der Waals surface area contributed by atoms with Crippen LogP contribution in [-0.4, -0.2) is 25.0 Å². The van der Waals surface area contributed by atoms with Gasteiger partial charge in [-0.15, -0.1) is 0 Å². The van der Waals surface area contributed by atoms with Crippen molar-refractivity contribution in [1.82, 2.24) is 4.90 Å². The van der Waals surface area contributed by atoms with Crippen LogP contribution in [0.2, 0.25) is 5.02 Å². The SMILES string of the molecule is CC.Cc1cc(Cl)ccc1-c1ccc2c(c1)COC21CN(C)C1. The first-order valence-corrected chi connectivity index (χ1v) is 8.68. The van der Waals surface area contributed by atoms with Gasteiger partial charge in [0.05, 0.1) is 6.61 Å². The molecule has 4 rings (SSSR count). The number of rotatable bonds is 1. The lowest BCUT2D eigenvalue weighted by molar-refractivity contribution is -0.132. The van der Waals surface area contributed by atoms with Crippen molar-refractivity contribution in [3.8, 4) is 11.1 Å². The van der Waals surface area contributed by atoms with Crippen LogP contribution in [0.4, 0.5) is 0 Å². The molecule has 0 atom stereocenters. The van der Waals surface area contributed by atoms with Gasteiger partial charge in [0.2, 0.25) is 0 Å². The van der Waals surface area contributed by atoms with Crippen molar-refractivity contribution in [2.45, 2.75) is 33.0 Å². The number of aryl methyl sites for hydroxylation is 1. The maximum absolute atomic E-state index is 6.09. The monoisotopic (exact) mass is 329 g/mol. The topological polar surface area (TPSA) is 12.5 Å². The summed E-state index contributed by atoms with van der Waals surface area (Å²) in [5, 5.41) is 0.789. The molecule has 2 aromatic rings. The number of fused-ring (bicyclic) bond motifs is 2. The Morgan fingerprint density at radius 1 is 1.09 bits per heavy atom. The van der Waals surface area contributed by atoms with E-state index in [2.05, 4.69) is 43.1 Å². The summed E-state index contributed by atoms with van der Waals surface area (Å²) in [6.45, 7) is 8.83. The van der Waals surface area contributed by atoms with Crippen LogP contribution >= 0.6 is 11.6 Å². The Morgan fingerprint density at radius 2 is 1.83 bits per heavy atom. The maximum atomic E-state index is 6.09. The highest BCUT2D eigenvalue weighted by molar-refractivity contribution is 6.30. The fourth-order valence-corrected chi connectivity index (χ4v) is 3.88. The molecule has 0 bridgehead atoms. The molecule has 23 heavy (non-hydrogen) atoms. The first kappa shape index (κ1) is 16.5. The number of hydrogen-bond acceptors (Lipinski definition) is 2. The van der Waals surface area contributed by atoms with Gasteiger partial charge in [-0.2, -0.15) is 0 Å². The second-order valence-electron chi connectivity index (χ2n) is 6.29. The van der Waals surface area contributed by atoms with Crippen molar-refractivity contribution in [3.05, 3.63) is 58.1 Å². The Balaban J connectivity index is 0.000000753. The van der Waals surface area contributed by atoms with Crippen LogP contribution < -0.4 is 0 Å². The summed E-state index contributed by atoms with van der Waals surface area (Å²) < 4.78 is 6.09. The van der Waals surface area contributed by atoms with Gasteiger partial charge in [0.25, 0.3) is 0 Å². The van der Waals surface area contributed by atoms with Crippen molar-refractivity contribution < 1.29 is 4.74 Å². The average molecular weight is 330 g/mol. The van der Waals surface area contributed by atoms with Crippen LogP contribution in [0.1, 0.15) is 30.5 Å². The summed E-state index contributed by atoms with van der Waals surface area (Å²) in [7, 11) is 2.14. The van der Waals surface area contributed by atoms with Gasteiger partial charge in [0.1, 0.15) is 5.60 Å². The number of hydrogen-bond donors (Lipinski definition) is 0. The van der Waals surface area contributed by atoms with E-state index < -0.39 is 0 Å². The van der Waals surface area contributed by atoms with Crippen LogP contribution in [0.15, 0.2) is 36.4 Å². The van der Waals surface area contributed by atoms with E-state index >= 15 is 0 Å². The van der Waals surface area contributed by atoms with Crippen molar-refractivity contribution in [3.63, 3.8) is 0 Å². The van der Waals surface area contributed by atoms with Gasteiger partial charge < -0.3 is 4.74 Å². The van der Waals surface area contributed by atoms with Crippen molar-refractivity contribution in [1.29, 1.82) is 0 Å². The second-order valence-corrected chi connectivity index (χ2v) is 6.72. The Hall–Kier alpha value is -1.35. The van der Waals surface area contributed by atoms with Crippen LogP contribution in [0.5, 0.6) is 0 Å². The van der Waals surface area contributed by atoms with Gasteiger partial charge in [0, 0.05) is 18.1 Å². The molecule has 122 valence electrons. The Kier molecular flexibility index (Phi) is 4.50. The van der Waals surface area contributed by atoms with Crippen molar-refractivity contribution in [2.24, 2.45) is 0 Å². The average Bonchev–Trinajstić information content (AvgIpc) is 2.88. The number of likely N-dealkylation sites (N-methyl/N-ethyl adjacent to an activating group) is 1. The van der Waals surface area contributed by atoms with Crippen LogP contribution in [-0.2, 0) is 16.9 Å². The van der Waals surface area contributed by atoms with Gasteiger partial charge in [-0.25, -0.2) is 0 Å². The zero-order valence-electron chi connectivity index (χ0n) is 14.3. The fourth-order valence-electron chi connectivity index (χ4n) is 3.66. The molecule has 1 spiro atoms. The molecule has 2 aromatic carbocycles. The van der Waals surface area contributed by atoms with Crippen LogP contribution in [0.3, 0.4) is 0 Å². The van der Waals surface area contributed by atoms with Crippen molar-refractivity contribution in [2.75, 3.05) is 20.1 Å². The molecule has 2 nitrogen and oxygen atoms in total. The summed E-state index contributed by atoms with van der Waals surface area (Å²) >= 11 is 6.05. The third-order valence-corrected chi connectivity index (χ3v) is 4.89. The standard InChI is InChI=1S/C18H18ClNO.C2H6/c1-12-7-15(19)4-5-16(12)13-3-6-17-14(8-13)9-21-18(17)10-20(2)11-18;1-2/h3-8H,9-11H2,1-2H3;1-2H3.